The second-order valence-corrected chi connectivity index (χ2v) is 7.54. The van der Waals surface area contributed by atoms with Crippen LogP contribution >= 0.6 is 11.3 Å². The van der Waals surface area contributed by atoms with E-state index in [1.807, 2.05) is 18.4 Å². The molecule has 3 aromatic carbocycles. The lowest BCUT2D eigenvalue weighted by molar-refractivity contribution is 0.0993. The molecule has 1 nitrogen and oxygen atoms in total. The zero-order valence-corrected chi connectivity index (χ0v) is 15.7. The highest BCUT2D eigenvalue weighted by Gasteiger charge is 2.21. The molecule has 0 radical (unpaired) electrons. The van der Waals surface area contributed by atoms with Crippen molar-refractivity contribution in [1.82, 2.24) is 0 Å². The highest BCUT2D eigenvalue weighted by molar-refractivity contribution is 7.19. The summed E-state index contributed by atoms with van der Waals surface area (Å²) in [6, 6.07) is 30.0. The topological polar surface area (TPSA) is 9.23 Å². The van der Waals surface area contributed by atoms with Crippen LogP contribution in [-0.2, 0) is 11.2 Å². The molecular weight excluding hydrogens is 336 g/mol. The Labute approximate surface area is 158 Å². The zero-order chi connectivity index (χ0) is 17.8. The van der Waals surface area contributed by atoms with E-state index in [4.69, 9.17) is 4.74 Å². The quantitative estimate of drug-likeness (QED) is 0.365. The number of methoxy groups -OCH3 is 1. The summed E-state index contributed by atoms with van der Waals surface area (Å²) in [4.78, 5) is 1.33. The van der Waals surface area contributed by atoms with E-state index in [0.29, 0.717) is 0 Å². The van der Waals surface area contributed by atoms with Gasteiger partial charge in [-0.25, -0.2) is 0 Å². The Balaban J connectivity index is 1.74. The molecule has 4 rings (SSSR count). The van der Waals surface area contributed by atoms with E-state index in [0.717, 1.165) is 12.8 Å². The van der Waals surface area contributed by atoms with Gasteiger partial charge in [0, 0.05) is 27.6 Å². The minimum absolute atomic E-state index is 0.0998. The predicted molar refractivity (Wildman–Crippen MR) is 112 cm³/mol. The standard InChI is InChI=1S/C24H22OS/c1-25-21(17-16-18-10-4-2-5-11-18)24-23(19-12-6-3-7-13-19)20-14-8-9-15-22(20)26-24/h2-15,21H,16-17H2,1H3. The summed E-state index contributed by atoms with van der Waals surface area (Å²) in [5, 5.41) is 1.32. The van der Waals surface area contributed by atoms with Gasteiger partial charge in [0.25, 0.3) is 0 Å². The summed E-state index contributed by atoms with van der Waals surface area (Å²) >= 11 is 1.86. The lowest BCUT2D eigenvalue weighted by atomic mass is 9.97. The monoisotopic (exact) mass is 358 g/mol. The molecule has 0 fully saturated rings. The van der Waals surface area contributed by atoms with E-state index >= 15 is 0 Å². The average Bonchev–Trinajstić information content (AvgIpc) is 3.09. The number of fused-ring (bicyclic) bond motifs is 1. The molecule has 0 aliphatic carbocycles. The molecule has 130 valence electrons. The molecule has 0 N–H and O–H groups in total. The van der Waals surface area contributed by atoms with Crippen LogP contribution in [0.5, 0.6) is 0 Å². The number of benzene rings is 3. The SMILES string of the molecule is COC(CCc1ccccc1)c1sc2ccccc2c1-c1ccccc1. The molecule has 0 spiro atoms. The molecule has 0 amide bonds. The van der Waals surface area contributed by atoms with Gasteiger partial charge in [-0.3, -0.25) is 0 Å². The van der Waals surface area contributed by atoms with Crippen LogP contribution in [0, 0.1) is 0 Å². The summed E-state index contributed by atoms with van der Waals surface area (Å²) in [7, 11) is 1.83. The third-order valence-corrected chi connectivity index (χ3v) is 6.06. The minimum atomic E-state index is 0.0998. The second kappa shape index (κ2) is 7.86. The van der Waals surface area contributed by atoms with Gasteiger partial charge in [-0.2, -0.15) is 0 Å². The summed E-state index contributed by atoms with van der Waals surface area (Å²) in [6.07, 6.45) is 2.09. The van der Waals surface area contributed by atoms with Crippen molar-refractivity contribution < 1.29 is 4.74 Å². The van der Waals surface area contributed by atoms with Gasteiger partial charge in [0.15, 0.2) is 0 Å². The van der Waals surface area contributed by atoms with Crippen molar-refractivity contribution >= 4 is 21.4 Å². The average molecular weight is 359 g/mol. The molecule has 0 saturated carbocycles. The van der Waals surface area contributed by atoms with Gasteiger partial charge >= 0.3 is 0 Å². The third-order valence-electron chi connectivity index (χ3n) is 4.80. The molecule has 26 heavy (non-hydrogen) atoms. The molecule has 1 aromatic heterocycles. The number of rotatable bonds is 6. The summed E-state index contributed by atoms with van der Waals surface area (Å²) in [5.41, 5.74) is 3.95. The van der Waals surface area contributed by atoms with Gasteiger partial charge in [-0.05, 0) is 30.0 Å². The number of hydrogen-bond acceptors (Lipinski definition) is 2. The lowest BCUT2D eigenvalue weighted by Gasteiger charge is -2.16. The lowest BCUT2D eigenvalue weighted by Crippen LogP contribution is -2.03. The molecule has 1 atom stereocenters. The number of hydrogen-bond donors (Lipinski definition) is 0. The van der Waals surface area contributed by atoms with Gasteiger partial charge in [0.1, 0.15) is 0 Å². The van der Waals surface area contributed by atoms with Crippen LogP contribution in [0.4, 0.5) is 0 Å². The van der Waals surface area contributed by atoms with Crippen molar-refractivity contribution in [1.29, 1.82) is 0 Å². The van der Waals surface area contributed by atoms with E-state index in [-0.39, 0.29) is 6.10 Å². The minimum Gasteiger partial charge on any atom is -0.376 e. The maximum absolute atomic E-state index is 5.96. The van der Waals surface area contributed by atoms with Crippen molar-refractivity contribution in [3.8, 4) is 11.1 Å². The first-order valence-electron chi connectivity index (χ1n) is 9.00. The molecule has 0 aliphatic rings. The molecule has 1 unspecified atom stereocenters. The van der Waals surface area contributed by atoms with Gasteiger partial charge in [-0.15, -0.1) is 11.3 Å². The Morgan fingerprint density at radius 2 is 1.46 bits per heavy atom. The fourth-order valence-corrected chi connectivity index (χ4v) is 4.83. The zero-order valence-electron chi connectivity index (χ0n) is 14.9. The van der Waals surface area contributed by atoms with Crippen LogP contribution in [0.3, 0.4) is 0 Å². The molecular formula is C24H22OS. The Morgan fingerprint density at radius 1 is 0.808 bits per heavy atom. The van der Waals surface area contributed by atoms with E-state index in [1.165, 1.54) is 31.7 Å². The summed E-state index contributed by atoms with van der Waals surface area (Å²) in [6.45, 7) is 0. The first-order valence-corrected chi connectivity index (χ1v) is 9.82. The van der Waals surface area contributed by atoms with E-state index in [1.54, 1.807) is 0 Å². The van der Waals surface area contributed by atoms with Crippen LogP contribution in [0.2, 0.25) is 0 Å². The first-order chi connectivity index (χ1) is 12.9. The summed E-state index contributed by atoms with van der Waals surface area (Å²) in [5.74, 6) is 0. The van der Waals surface area contributed by atoms with E-state index < -0.39 is 0 Å². The van der Waals surface area contributed by atoms with Crippen LogP contribution in [-0.4, -0.2) is 7.11 Å². The fourth-order valence-electron chi connectivity index (χ4n) is 3.49. The maximum Gasteiger partial charge on any atom is 0.0922 e. The smallest absolute Gasteiger partial charge is 0.0922 e. The van der Waals surface area contributed by atoms with Crippen molar-refractivity contribution in [2.24, 2.45) is 0 Å². The second-order valence-electron chi connectivity index (χ2n) is 6.45. The van der Waals surface area contributed by atoms with Gasteiger partial charge in [-0.1, -0.05) is 78.9 Å². The fraction of sp³-hybridized carbons (Fsp3) is 0.167. The number of ether oxygens (including phenoxy) is 1. The van der Waals surface area contributed by atoms with Crippen LogP contribution in [0.1, 0.15) is 23.0 Å². The molecule has 0 aliphatic heterocycles. The molecule has 1 heterocycles. The summed E-state index contributed by atoms with van der Waals surface area (Å²) < 4.78 is 7.28. The van der Waals surface area contributed by atoms with Gasteiger partial charge in [0.2, 0.25) is 0 Å². The number of thiophene rings is 1. The Kier molecular flexibility index (Phi) is 5.14. The Hall–Kier alpha value is -2.42. The van der Waals surface area contributed by atoms with Crippen molar-refractivity contribution in [2.75, 3.05) is 7.11 Å². The van der Waals surface area contributed by atoms with E-state index in [9.17, 15) is 0 Å². The first kappa shape index (κ1) is 17.0. The van der Waals surface area contributed by atoms with E-state index in [2.05, 4.69) is 84.9 Å². The molecule has 0 bridgehead atoms. The van der Waals surface area contributed by atoms with Gasteiger partial charge in [0.05, 0.1) is 6.10 Å². The normalized spacial score (nSPS) is 12.3. The predicted octanol–water partition coefficient (Wildman–Crippen LogP) is 6.89. The molecule has 4 aromatic rings. The molecule has 0 saturated heterocycles. The Morgan fingerprint density at radius 3 is 2.19 bits per heavy atom. The number of aryl methyl sites for hydroxylation is 1. The van der Waals surface area contributed by atoms with Crippen molar-refractivity contribution in [3.63, 3.8) is 0 Å². The Bertz CT molecular complexity index is 973. The van der Waals surface area contributed by atoms with Crippen molar-refractivity contribution in [2.45, 2.75) is 18.9 Å². The highest BCUT2D eigenvalue weighted by atomic mass is 32.1. The van der Waals surface area contributed by atoms with Gasteiger partial charge < -0.3 is 4.74 Å². The van der Waals surface area contributed by atoms with Crippen LogP contribution in [0.15, 0.2) is 84.9 Å². The maximum atomic E-state index is 5.96. The third kappa shape index (κ3) is 3.44. The highest BCUT2D eigenvalue weighted by Crippen LogP contribution is 2.43. The molecule has 2 heteroatoms. The van der Waals surface area contributed by atoms with Crippen LogP contribution < -0.4 is 0 Å². The van der Waals surface area contributed by atoms with Crippen LogP contribution in [0.25, 0.3) is 21.2 Å². The largest absolute Gasteiger partial charge is 0.376 e. The van der Waals surface area contributed by atoms with Crippen molar-refractivity contribution in [3.05, 3.63) is 95.4 Å².